The van der Waals surface area contributed by atoms with Gasteiger partial charge in [-0.3, -0.25) is 0 Å². The van der Waals surface area contributed by atoms with E-state index in [9.17, 15) is 13.2 Å². The van der Waals surface area contributed by atoms with E-state index in [0.717, 1.165) is 34.7 Å². The quantitative estimate of drug-likeness (QED) is 0.443. The number of halogens is 4. The zero-order valence-corrected chi connectivity index (χ0v) is 22.1. The molecule has 198 valence electrons. The van der Waals surface area contributed by atoms with Crippen LogP contribution in [-0.2, 0) is 10.8 Å². The van der Waals surface area contributed by atoms with Crippen LogP contribution in [0.4, 0.5) is 24.5 Å². The van der Waals surface area contributed by atoms with Crippen molar-refractivity contribution in [2.45, 2.75) is 38.5 Å². The number of para-hydroxylation sites is 2. The Balaban J connectivity index is 0.000000695. The summed E-state index contributed by atoms with van der Waals surface area (Å²) in [7, 11) is -1.33. The number of anilines is 1. The average Bonchev–Trinajstić information content (AvgIpc) is 3.12. The molecule has 0 saturated heterocycles. The predicted molar refractivity (Wildman–Crippen MR) is 125 cm³/mol. The molecule has 0 amide bonds. The zero-order valence-electron chi connectivity index (χ0n) is 21.3. The molecule has 0 fully saturated rings. The first-order valence-electron chi connectivity index (χ1n) is 11.3. The van der Waals surface area contributed by atoms with Crippen molar-refractivity contribution >= 4 is 17.1 Å². The fourth-order valence-corrected chi connectivity index (χ4v) is 5.00. The van der Waals surface area contributed by atoms with Gasteiger partial charge in [-0.1, -0.05) is 50.2 Å². The summed E-state index contributed by atoms with van der Waals surface area (Å²) in [6.45, 7) is 7.78. The van der Waals surface area contributed by atoms with Gasteiger partial charge in [-0.25, -0.2) is 31.8 Å². The molecule has 0 aromatic heterocycles. The molecule has 2 aromatic rings. The molecule has 37 heavy (non-hydrogen) atoms. The molecule has 0 saturated carbocycles. The van der Waals surface area contributed by atoms with E-state index in [4.69, 9.17) is 18.6 Å². The Morgan fingerprint density at radius 2 is 1.38 bits per heavy atom. The first-order valence-corrected chi connectivity index (χ1v) is 12.5. The number of benzene rings is 2. The van der Waals surface area contributed by atoms with E-state index in [0.29, 0.717) is 11.4 Å². The van der Waals surface area contributed by atoms with Gasteiger partial charge in [-0.2, -0.15) is 4.58 Å². The fraction of sp³-hybridized carbons (Fsp3) is 0.296. The maximum absolute atomic E-state index is 15.0. The van der Waals surface area contributed by atoms with Gasteiger partial charge in [-0.05, 0) is 31.6 Å². The van der Waals surface area contributed by atoms with Crippen LogP contribution in [0, 0.1) is 10.2 Å². The molecule has 4 rings (SSSR count). The highest BCUT2D eigenvalue weighted by Gasteiger charge is 2.43. The van der Waals surface area contributed by atoms with Crippen LogP contribution in [0.1, 0.15) is 38.8 Å². The van der Waals surface area contributed by atoms with Gasteiger partial charge in [0.1, 0.15) is 7.05 Å². The van der Waals surface area contributed by atoms with Crippen molar-refractivity contribution in [1.82, 2.24) is 0 Å². The highest BCUT2D eigenvalue weighted by atomic mass is 35.7. The van der Waals surface area contributed by atoms with Crippen molar-refractivity contribution in [3.8, 4) is 0 Å². The Morgan fingerprint density at radius 3 is 1.92 bits per heavy atom. The van der Waals surface area contributed by atoms with E-state index in [-0.39, 0.29) is 0 Å². The summed E-state index contributed by atoms with van der Waals surface area (Å²) < 4.78 is 80.6. The van der Waals surface area contributed by atoms with E-state index in [1.165, 1.54) is 0 Å². The number of hydrogen-bond acceptors (Lipinski definition) is 5. The normalized spacial score (nSPS) is 19.9. The molecule has 0 N–H and O–H groups in total. The summed E-state index contributed by atoms with van der Waals surface area (Å²) in [5.74, 6) is -3.94. The minimum Gasteiger partial charge on any atom is -0.347 e. The van der Waals surface area contributed by atoms with Crippen molar-refractivity contribution in [3.63, 3.8) is 0 Å². The summed E-state index contributed by atoms with van der Waals surface area (Å²) >= 11 is 0. The second-order valence-electron chi connectivity index (χ2n) is 9.85. The lowest BCUT2D eigenvalue weighted by Crippen LogP contribution is -2.68. The summed E-state index contributed by atoms with van der Waals surface area (Å²) in [4.78, 5) is 1.82. The molecule has 0 unspecified atom stereocenters. The minimum atomic E-state index is -4.94. The SMILES string of the molecule is CN1/C(=C/C(F)=C(F)/C(F)=C\C2=[N+](C)c3ccccc3C2(C)C)C(C)(C)c2ccccc21.[O-][Cl+3]([O-])([O-])[O-]. The maximum Gasteiger partial charge on any atom is 0.209 e. The van der Waals surface area contributed by atoms with E-state index >= 15 is 0 Å². The average molecular weight is 537 g/mol. The Kier molecular flexibility index (Phi) is 7.79. The molecular formula is C27H28ClF3N2O4. The number of hydrogen-bond donors (Lipinski definition) is 0. The van der Waals surface area contributed by atoms with Crippen LogP contribution >= 0.6 is 0 Å². The van der Waals surface area contributed by atoms with Crippen LogP contribution in [0.25, 0.3) is 0 Å². The standard InChI is InChI=1S/C27H28F3N2.ClHO4/c1-26(2)17-11-7-9-13-21(17)31(5)23(26)15-19(28)25(30)20(29)16-24-27(3,4)18-12-8-10-14-22(18)32(24)6;2-1(3,4)5/h7-16H,1-6H3;(H,2,3,4,5)/q+1;/p-1. The van der Waals surface area contributed by atoms with Crippen molar-refractivity contribution < 1.29 is 46.6 Å². The van der Waals surface area contributed by atoms with Gasteiger partial charge in [0.05, 0.1) is 5.41 Å². The lowest BCUT2D eigenvalue weighted by molar-refractivity contribution is -2.00. The van der Waals surface area contributed by atoms with Crippen molar-refractivity contribution in [3.05, 3.63) is 95.0 Å². The Morgan fingerprint density at radius 1 is 0.865 bits per heavy atom. The van der Waals surface area contributed by atoms with Crippen LogP contribution in [0.15, 0.2) is 83.9 Å². The summed E-state index contributed by atoms with van der Waals surface area (Å²) in [6.07, 6.45) is 2.21. The van der Waals surface area contributed by atoms with E-state index < -0.39 is 38.6 Å². The molecule has 6 nitrogen and oxygen atoms in total. The second-order valence-corrected chi connectivity index (χ2v) is 10.6. The first-order chi connectivity index (χ1) is 17.0. The van der Waals surface area contributed by atoms with Crippen LogP contribution in [0.2, 0.25) is 0 Å². The number of allylic oxidation sites excluding steroid dienone is 6. The van der Waals surface area contributed by atoms with Gasteiger partial charge in [0.2, 0.25) is 5.69 Å². The molecular weight excluding hydrogens is 509 g/mol. The van der Waals surface area contributed by atoms with Crippen molar-refractivity contribution in [2.75, 3.05) is 19.0 Å². The molecule has 0 radical (unpaired) electrons. The van der Waals surface area contributed by atoms with Gasteiger partial charge in [0.25, 0.3) is 0 Å². The monoisotopic (exact) mass is 536 g/mol. The Bertz CT molecular complexity index is 1340. The van der Waals surface area contributed by atoms with Gasteiger partial charge in [-0.15, -0.1) is 10.2 Å². The third-order valence-corrected chi connectivity index (χ3v) is 6.83. The third-order valence-electron chi connectivity index (χ3n) is 6.83. The Labute approximate surface area is 216 Å². The Hall–Kier alpha value is -2.95. The summed E-state index contributed by atoms with van der Waals surface area (Å²) in [5.41, 5.74) is 3.95. The van der Waals surface area contributed by atoms with E-state index in [1.807, 2.05) is 85.7 Å². The van der Waals surface area contributed by atoms with Crippen molar-refractivity contribution in [2.24, 2.45) is 0 Å². The van der Waals surface area contributed by atoms with Crippen LogP contribution in [0.5, 0.6) is 0 Å². The van der Waals surface area contributed by atoms with Gasteiger partial charge < -0.3 is 4.90 Å². The first kappa shape index (κ1) is 28.6. The molecule has 0 aliphatic carbocycles. The number of rotatable bonds is 3. The molecule has 2 aliphatic heterocycles. The fourth-order valence-electron chi connectivity index (χ4n) is 5.00. The summed E-state index contributed by atoms with van der Waals surface area (Å²) in [6, 6.07) is 15.4. The lowest BCUT2D eigenvalue weighted by atomic mass is 9.81. The van der Waals surface area contributed by atoms with Crippen molar-refractivity contribution in [1.29, 1.82) is 0 Å². The molecule has 2 aliphatic rings. The topological polar surface area (TPSA) is 98.5 Å². The highest BCUT2D eigenvalue weighted by Crippen LogP contribution is 2.47. The lowest BCUT2D eigenvalue weighted by Gasteiger charge is -2.24. The van der Waals surface area contributed by atoms with Crippen LogP contribution in [0.3, 0.4) is 0 Å². The number of fused-ring (bicyclic) bond motifs is 2. The van der Waals surface area contributed by atoms with Gasteiger partial charge >= 0.3 is 0 Å². The summed E-state index contributed by atoms with van der Waals surface area (Å²) in [5, 5.41) is 0. The second kappa shape index (κ2) is 10.1. The van der Waals surface area contributed by atoms with Gasteiger partial charge in [0, 0.05) is 41.6 Å². The van der Waals surface area contributed by atoms with E-state index in [2.05, 4.69) is 0 Å². The number of nitrogens with zero attached hydrogens (tertiary/aromatic N) is 2. The van der Waals surface area contributed by atoms with E-state index in [1.54, 1.807) is 14.1 Å². The zero-order chi connectivity index (χ0) is 27.9. The predicted octanol–water partition coefficient (Wildman–Crippen LogP) is 2.25. The van der Waals surface area contributed by atoms with Crippen LogP contribution in [-0.4, -0.2) is 24.4 Å². The smallest absolute Gasteiger partial charge is 0.209 e. The molecule has 10 heteroatoms. The molecule has 0 spiro atoms. The molecule has 2 heterocycles. The molecule has 0 bridgehead atoms. The van der Waals surface area contributed by atoms with Crippen LogP contribution < -0.4 is 23.5 Å². The number of likely N-dealkylation sites (N-methyl/N-ethyl adjacent to an activating group) is 1. The molecule has 0 atom stereocenters. The van der Waals surface area contributed by atoms with Gasteiger partial charge in [0.15, 0.2) is 23.2 Å². The molecule has 2 aromatic carbocycles. The third kappa shape index (κ3) is 5.66. The highest BCUT2D eigenvalue weighted by molar-refractivity contribution is 6.03. The maximum atomic E-state index is 15.0. The largest absolute Gasteiger partial charge is 0.347 e. The minimum absolute atomic E-state index is 0.535.